The number of aromatic amines is 1. The zero-order valence-electron chi connectivity index (χ0n) is 6.73. The maximum Gasteiger partial charge on any atom is 0.179 e. The minimum atomic E-state index is 0. The molecule has 5 heteroatoms. The molecule has 4 nitrogen and oxygen atoms in total. The van der Waals surface area contributed by atoms with E-state index in [1.54, 1.807) is 0 Å². The standard InChI is InChI=1S/C7H6N4.Na/c1-2-4-6(5-3-1)7-8-10-11-9-7;/h1-5H,(H,8,9,10,11);. The van der Waals surface area contributed by atoms with Gasteiger partial charge >= 0.3 is 0 Å². The number of tetrazole rings is 1. The number of nitrogens with one attached hydrogen (secondary N) is 1. The Bertz CT molecular complexity index is 318. The molecule has 0 aliphatic rings. The Balaban J connectivity index is 0.000000720. The number of nitrogens with zero attached hydrogens (tertiary/aromatic N) is 3. The molecule has 2 aromatic rings. The largest absolute Gasteiger partial charge is 0.239 e. The number of hydrogen-bond donors (Lipinski definition) is 1. The molecule has 1 aromatic heterocycles. The van der Waals surface area contributed by atoms with Gasteiger partial charge in [0.1, 0.15) is 0 Å². The molecule has 0 bridgehead atoms. The van der Waals surface area contributed by atoms with E-state index in [0.717, 1.165) is 5.56 Å². The summed E-state index contributed by atoms with van der Waals surface area (Å²) in [5, 5.41) is 13.4. The molecule has 0 unspecified atom stereocenters. The van der Waals surface area contributed by atoms with E-state index in [1.807, 2.05) is 30.3 Å². The maximum absolute atomic E-state index is 3.77. The molecule has 0 fully saturated rings. The van der Waals surface area contributed by atoms with Gasteiger partial charge in [0.2, 0.25) is 0 Å². The van der Waals surface area contributed by atoms with E-state index in [2.05, 4.69) is 20.6 Å². The molecule has 0 saturated heterocycles. The average Bonchev–Trinajstić information content (AvgIpc) is 2.58. The normalized spacial score (nSPS) is 9.00. The summed E-state index contributed by atoms with van der Waals surface area (Å²) in [5.41, 5.74) is 0.998. The van der Waals surface area contributed by atoms with Crippen LogP contribution in [0.5, 0.6) is 0 Å². The van der Waals surface area contributed by atoms with Gasteiger partial charge in [-0.05, 0) is 10.4 Å². The van der Waals surface area contributed by atoms with Crippen LogP contribution in [0.15, 0.2) is 30.3 Å². The second kappa shape index (κ2) is 4.35. The molecule has 1 heterocycles. The summed E-state index contributed by atoms with van der Waals surface area (Å²) in [5.74, 6) is 0.700. The average molecular weight is 169 g/mol. The van der Waals surface area contributed by atoms with Crippen molar-refractivity contribution in [2.75, 3.05) is 0 Å². The van der Waals surface area contributed by atoms with Crippen LogP contribution >= 0.6 is 0 Å². The molecule has 55 valence electrons. The van der Waals surface area contributed by atoms with Crippen molar-refractivity contribution in [3.05, 3.63) is 30.3 Å². The third kappa shape index (κ3) is 1.91. The monoisotopic (exact) mass is 169 g/mol. The van der Waals surface area contributed by atoms with E-state index >= 15 is 0 Å². The minimum absolute atomic E-state index is 0. The van der Waals surface area contributed by atoms with Gasteiger partial charge in [0, 0.05) is 35.1 Å². The molecule has 0 atom stereocenters. The fourth-order valence-corrected chi connectivity index (χ4v) is 0.877. The van der Waals surface area contributed by atoms with Crippen molar-refractivity contribution in [2.24, 2.45) is 0 Å². The summed E-state index contributed by atoms with van der Waals surface area (Å²) in [6.45, 7) is 0. The summed E-state index contributed by atoms with van der Waals surface area (Å²) >= 11 is 0. The van der Waals surface area contributed by atoms with Crippen LogP contribution in [-0.2, 0) is 0 Å². The SMILES string of the molecule is [Na].c1ccc(-c2nnn[nH]2)cc1. The van der Waals surface area contributed by atoms with Gasteiger partial charge in [0.15, 0.2) is 5.82 Å². The van der Waals surface area contributed by atoms with Crippen molar-refractivity contribution in [2.45, 2.75) is 0 Å². The van der Waals surface area contributed by atoms with Gasteiger partial charge in [-0.15, -0.1) is 5.10 Å². The molecule has 0 aliphatic carbocycles. The van der Waals surface area contributed by atoms with Crippen molar-refractivity contribution in [1.82, 2.24) is 20.6 Å². The first kappa shape index (κ1) is 9.38. The zero-order chi connectivity index (χ0) is 7.52. The van der Waals surface area contributed by atoms with Gasteiger partial charge in [0.05, 0.1) is 0 Å². The molecule has 1 N–H and O–H groups in total. The van der Waals surface area contributed by atoms with Crippen LogP contribution in [-0.4, -0.2) is 50.2 Å². The predicted molar refractivity (Wildman–Crippen MR) is 45.4 cm³/mol. The van der Waals surface area contributed by atoms with Gasteiger partial charge in [-0.3, -0.25) is 0 Å². The second-order valence-corrected chi connectivity index (χ2v) is 2.12. The van der Waals surface area contributed by atoms with Gasteiger partial charge in [0.25, 0.3) is 0 Å². The van der Waals surface area contributed by atoms with Crippen LogP contribution in [0, 0.1) is 0 Å². The Morgan fingerprint density at radius 2 is 1.83 bits per heavy atom. The van der Waals surface area contributed by atoms with Crippen molar-refractivity contribution in [3.63, 3.8) is 0 Å². The maximum atomic E-state index is 3.77. The fourth-order valence-electron chi connectivity index (χ4n) is 0.877. The number of benzene rings is 1. The predicted octanol–water partition coefficient (Wildman–Crippen LogP) is 0.486. The van der Waals surface area contributed by atoms with E-state index in [9.17, 15) is 0 Å². The molecule has 0 aliphatic heterocycles. The number of rotatable bonds is 1. The topological polar surface area (TPSA) is 54.5 Å². The van der Waals surface area contributed by atoms with E-state index in [4.69, 9.17) is 0 Å². The summed E-state index contributed by atoms with van der Waals surface area (Å²) in [7, 11) is 0. The van der Waals surface area contributed by atoms with Crippen molar-refractivity contribution in [1.29, 1.82) is 0 Å². The first-order chi connectivity index (χ1) is 5.47. The Morgan fingerprint density at radius 3 is 2.42 bits per heavy atom. The number of H-pyrrole nitrogens is 1. The van der Waals surface area contributed by atoms with Crippen LogP contribution < -0.4 is 0 Å². The Morgan fingerprint density at radius 1 is 1.08 bits per heavy atom. The van der Waals surface area contributed by atoms with E-state index in [1.165, 1.54) is 0 Å². The van der Waals surface area contributed by atoms with Crippen LogP contribution in [0.2, 0.25) is 0 Å². The summed E-state index contributed by atoms with van der Waals surface area (Å²) in [4.78, 5) is 0. The summed E-state index contributed by atoms with van der Waals surface area (Å²) < 4.78 is 0. The smallest absolute Gasteiger partial charge is 0.179 e. The number of hydrogen-bond acceptors (Lipinski definition) is 3. The Labute approximate surface area is 91.7 Å². The Hall–Kier alpha value is -0.710. The van der Waals surface area contributed by atoms with Crippen molar-refractivity contribution >= 4 is 29.6 Å². The number of aromatic nitrogens is 4. The van der Waals surface area contributed by atoms with E-state index in [-0.39, 0.29) is 29.6 Å². The quantitative estimate of drug-likeness (QED) is 0.632. The molecule has 0 spiro atoms. The third-order valence-electron chi connectivity index (χ3n) is 1.39. The first-order valence-corrected chi connectivity index (χ1v) is 3.26. The molecule has 12 heavy (non-hydrogen) atoms. The third-order valence-corrected chi connectivity index (χ3v) is 1.39. The van der Waals surface area contributed by atoms with Crippen LogP contribution in [0.3, 0.4) is 0 Å². The van der Waals surface area contributed by atoms with Gasteiger partial charge in [-0.2, -0.15) is 0 Å². The van der Waals surface area contributed by atoms with Gasteiger partial charge < -0.3 is 0 Å². The van der Waals surface area contributed by atoms with Crippen LogP contribution in [0.1, 0.15) is 0 Å². The molecule has 0 amide bonds. The molecule has 1 aromatic carbocycles. The van der Waals surface area contributed by atoms with Crippen molar-refractivity contribution < 1.29 is 0 Å². The van der Waals surface area contributed by atoms with Crippen LogP contribution in [0.4, 0.5) is 0 Å². The molecule has 2 rings (SSSR count). The van der Waals surface area contributed by atoms with Crippen molar-refractivity contribution in [3.8, 4) is 11.4 Å². The molecule has 1 radical (unpaired) electrons. The molecular formula is C7H6N4Na. The fraction of sp³-hybridized carbons (Fsp3) is 0. The Kier molecular flexibility index (Phi) is 3.40. The zero-order valence-corrected chi connectivity index (χ0v) is 8.73. The summed E-state index contributed by atoms with van der Waals surface area (Å²) in [6, 6.07) is 9.73. The minimum Gasteiger partial charge on any atom is -0.239 e. The first-order valence-electron chi connectivity index (χ1n) is 3.26. The molecule has 0 saturated carbocycles. The second-order valence-electron chi connectivity index (χ2n) is 2.12. The van der Waals surface area contributed by atoms with Crippen LogP contribution in [0.25, 0.3) is 11.4 Å². The van der Waals surface area contributed by atoms with E-state index < -0.39 is 0 Å². The molecular weight excluding hydrogens is 163 g/mol. The summed E-state index contributed by atoms with van der Waals surface area (Å²) in [6.07, 6.45) is 0. The van der Waals surface area contributed by atoms with E-state index in [0.29, 0.717) is 5.82 Å². The van der Waals surface area contributed by atoms with Gasteiger partial charge in [-0.1, -0.05) is 30.3 Å². The van der Waals surface area contributed by atoms with Gasteiger partial charge in [-0.25, -0.2) is 5.10 Å².